The topological polar surface area (TPSA) is 58.4 Å². The molecule has 1 N–H and O–H groups in total. The van der Waals surface area contributed by atoms with Crippen molar-refractivity contribution in [3.63, 3.8) is 0 Å². The highest BCUT2D eigenvalue weighted by Gasteiger charge is 2.27. The van der Waals surface area contributed by atoms with E-state index >= 15 is 0 Å². The molecule has 5 heteroatoms. The lowest BCUT2D eigenvalue weighted by Crippen LogP contribution is -2.43. The number of hydrogen-bond donors (Lipinski definition) is 1. The third kappa shape index (κ3) is 2.66. The Morgan fingerprint density at radius 2 is 2.18 bits per heavy atom. The van der Waals surface area contributed by atoms with Crippen molar-refractivity contribution >= 4 is 5.97 Å². The summed E-state index contributed by atoms with van der Waals surface area (Å²) >= 11 is 0. The summed E-state index contributed by atoms with van der Waals surface area (Å²) in [6.07, 6.45) is 3.95. The first-order valence-corrected chi connectivity index (χ1v) is 6.04. The van der Waals surface area contributed by atoms with E-state index in [1.54, 1.807) is 6.92 Å². The smallest absolute Gasteiger partial charge is 0.320 e. The van der Waals surface area contributed by atoms with Crippen LogP contribution in [0.4, 0.5) is 0 Å². The molecule has 0 aliphatic carbocycles. The second kappa shape index (κ2) is 4.87. The van der Waals surface area contributed by atoms with E-state index in [1.165, 1.54) is 0 Å². The second-order valence-electron chi connectivity index (χ2n) is 4.74. The Morgan fingerprint density at radius 3 is 2.65 bits per heavy atom. The molecule has 2 heterocycles. The molecule has 0 amide bonds. The first kappa shape index (κ1) is 12.1. The van der Waals surface area contributed by atoms with Gasteiger partial charge in [-0.2, -0.15) is 5.10 Å². The van der Waals surface area contributed by atoms with Gasteiger partial charge in [0.15, 0.2) is 0 Å². The number of likely N-dealkylation sites (tertiary alicyclic amines) is 1. The summed E-state index contributed by atoms with van der Waals surface area (Å²) < 4.78 is 1.82. The number of aliphatic carboxylic acids is 1. The third-order valence-electron chi connectivity index (χ3n) is 3.59. The quantitative estimate of drug-likeness (QED) is 0.854. The highest BCUT2D eigenvalue weighted by atomic mass is 16.4. The van der Waals surface area contributed by atoms with E-state index in [2.05, 4.69) is 11.2 Å². The molecule has 1 atom stereocenters. The van der Waals surface area contributed by atoms with Crippen molar-refractivity contribution in [2.45, 2.75) is 31.7 Å². The average Bonchev–Trinajstić information content (AvgIpc) is 2.75. The Morgan fingerprint density at radius 1 is 1.53 bits per heavy atom. The van der Waals surface area contributed by atoms with E-state index in [0.717, 1.165) is 31.6 Å². The lowest BCUT2D eigenvalue weighted by molar-refractivity contribution is -0.143. The van der Waals surface area contributed by atoms with E-state index in [9.17, 15) is 4.79 Å². The maximum atomic E-state index is 10.9. The number of carboxylic acid groups (broad SMARTS) is 1. The van der Waals surface area contributed by atoms with Crippen molar-refractivity contribution in [1.82, 2.24) is 14.7 Å². The molecule has 0 bridgehead atoms. The number of aromatic nitrogens is 2. The van der Waals surface area contributed by atoms with Crippen LogP contribution in [0.1, 0.15) is 31.4 Å². The molecule has 1 aromatic heterocycles. The van der Waals surface area contributed by atoms with Crippen molar-refractivity contribution < 1.29 is 9.90 Å². The van der Waals surface area contributed by atoms with Crippen molar-refractivity contribution in [2.24, 2.45) is 7.05 Å². The normalized spacial score (nSPS) is 20.4. The van der Waals surface area contributed by atoms with Crippen LogP contribution in [-0.4, -0.2) is 44.9 Å². The van der Waals surface area contributed by atoms with Crippen LogP contribution in [0.25, 0.3) is 0 Å². The zero-order valence-corrected chi connectivity index (χ0v) is 10.3. The summed E-state index contributed by atoms with van der Waals surface area (Å²) in [6.45, 7) is 3.44. The Bertz CT molecular complexity index is 394. The van der Waals surface area contributed by atoms with Crippen molar-refractivity contribution in [1.29, 1.82) is 0 Å². The maximum absolute atomic E-state index is 10.9. The van der Waals surface area contributed by atoms with Crippen LogP contribution in [0.15, 0.2) is 12.3 Å². The molecule has 1 aliphatic heterocycles. The summed E-state index contributed by atoms with van der Waals surface area (Å²) in [5.74, 6) is -0.255. The SMILES string of the molecule is C[C@@H](C(=O)O)N1CCC(c2ccn(C)n2)CC1. The maximum Gasteiger partial charge on any atom is 0.320 e. The van der Waals surface area contributed by atoms with Gasteiger partial charge in [-0.15, -0.1) is 0 Å². The van der Waals surface area contributed by atoms with Gasteiger partial charge in [0.1, 0.15) is 6.04 Å². The van der Waals surface area contributed by atoms with Gasteiger partial charge in [-0.1, -0.05) is 0 Å². The van der Waals surface area contributed by atoms with E-state index in [-0.39, 0.29) is 6.04 Å². The lowest BCUT2D eigenvalue weighted by Gasteiger charge is -2.33. The summed E-state index contributed by atoms with van der Waals surface area (Å²) in [7, 11) is 1.92. The molecule has 0 unspecified atom stereocenters. The molecule has 0 spiro atoms. The molecule has 1 aliphatic rings. The van der Waals surface area contributed by atoms with E-state index in [4.69, 9.17) is 5.11 Å². The molecule has 0 saturated carbocycles. The highest BCUT2D eigenvalue weighted by Crippen LogP contribution is 2.27. The predicted octanol–water partition coefficient (Wildman–Crippen LogP) is 1.07. The summed E-state index contributed by atoms with van der Waals surface area (Å²) in [4.78, 5) is 12.9. The van der Waals surface area contributed by atoms with Gasteiger partial charge in [0.25, 0.3) is 0 Å². The summed E-state index contributed by atoms with van der Waals surface area (Å²) in [5, 5.41) is 13.4. The van der Waals surface area contributed by atoms with Crippen LogP contribution >= 0.6 is 0 Å². The van der Waals surface area contributed by atoms with Gasteiger partial charge in [-0.3, -0.25) is 14.4 Å². The Kier molecular flexibility index (Phi) is 3.47. The molecule has 5 nitrogen and oxygen atoms in total. The summed E-state index contributed by atoms with van der Waals surface area (Å²) in [6, 6.07) is 1.68. The number of nitrogens with zero attached hydrogens (tertiary/aromatic N) is 3. The fraction of sp³-hybridized carbons (Fsp3) is 0.667. The van der Waals surface area contributed by atoms with Crippen LogP contribution in [0.2, 0.25) is 0 Å². The number of aryl methyl sites for hydroxylation is 1. The number of carboxylic acids is 1. The monoisotopic (exact) mass is 237 g/mol. The fourth-order valence-corrected chi connectivity index (χ4v) is 2.39. The first-order chi connectivity index (χ1) is 8.08. The highest BCUT2D eigenvalue weighted by molar-refractivity contribution is 5.72. The van der Waals surface area contributed by atoms with Crippen LogP contribution in [0.3, 0.4) is 0 Å². The van der Waals surface area contributed by atoms with Gasteiger partial charge in [0.05, 0.1) is 5.69 Å². The zero-order valence-electron chi connectivity index (χ0n) is 10.3. The minimum absolute atomic E-state index is 0.375. The number of hydrogen-bond acceptors (Lipinski definition) is 3. The number of carbonyl (C=O) groups is 1. The molecule has 94 valence electrons. The van der Waals surface area contributed by atoms with Gasteiger partial charge in [0.2, 0.25) is 0 Å². The molecular weight excluding hydrogens is 218 g/mol. The molecule has 1 aromatic rings. The molecule has 0 radical (unpaired) electrons. The van der Waals surface area contributed by atoms with Gasteiger partial charge in [0, 0.05) is 19.2 Å². The molecular formula is C12H19N3O2. The molecule has 0 aromatic carbocycles. The molecule has 1 saturated heterocycles. The van der Waals surface area contributed by atoms with Gasteiger partial charge >= 0.3 is 5.97 Å². The van der Waals surface area contributed by atoms with Gasteiger partial charge < -0.3 is 5.11 Å². The minimum atomic E-state index is -0.735. The summed E-state index contributed by atoms with van der Waals surface area (Å²) in [5.41, 5.74) is 1.13. The second-order valence-corrected chi connectivity index (χ2v) is 4.74. The number of rotatable bonds is 3. The Balaban J connectivity index is 1.92. The molecule has 17 heavy (non-hydrogen) atoms. The Labute approximate surface area is 101 Å². The lowest BCUT2D eigenvalue weighted by atomic mass is 9.93. The van der Waals surface area contributed by atoms with E-state index in [1.807, 2.05) is 22.8 Å². The van der Waals surface area contributed by atoms with E-state index in [0.29, 0.717) is 5.92 Å². The zero-order chi connectivity index (χ0) is 12.4. The van der Waals surface area contributed by atoms with Crippen LogP contribution < -0.4 is 0 Å². The molecule has 2 rings (SSSR count). The fourth-order valence-electron chi connectivity index (χ4n) is 2.39. The van der Waals surface area contributed by atoms with Crippen LogP contribution in [0.5, 0.6) is 0 Å². The van der Waals surface area contributed by atoms with Crippen LogP contribution in [0, 0.1) is 0 Å². The largest absolute Gasteiger partial charge is 0.480 e. The van der Waals surface area contributed by atoms with Gasteiger partial charge in [-0.05, 0) is 38.9 Å². The van der Waals surface area contributed by atoms with Crippen LogP contribution in [-0.2, 0) is 11.8 Å². The third-order valence-corrected chi connectivity index (χ3v) is 3.59. The van der Waals surface area contributed by atoms with Crippen molar-refractivity contribution in [3.8, 4) is 0 Å². The average molecular weight is 237 g/mol. The van der Waals surface area contributed by atoms with Gasteiger partial charge in [-0.25, -0.2) is 0 Å². The Hall–Kier alpha value is -1.36. The standard InChI is InChI=1S/C12H19N3O2/c1-9(12(16)17)15-7-3-10(4-8-15)11-5-6-14(2)13-11/h5-6,9-10H,3-4,7-8H2,1-2H3,(H,16,17)/t9-/m0/s1. The first-order valence-electron chi connectivity index (χ1n) is 6.04. The van der Waals surface area contributed by atoms with Crippen molar-refractivity contribution in [2.75, 3.05) is 13.1 Å². The molecule has 1 fully saturated rings. The van der Waals surface area contributed by atoms with E-state index < -0.39 is 5.97 Å². The minimum Gasteiger partial charge on any atom is -0.480 e. The number of piperidine rings is 1. The predicted molar refractivity (Wildman–Crippen MR) is 63.9 cm³/mol. The van der Waals surface area contributed by atoms with Crippen molar-refractivity contribution in [3.05, 3.63) is 18.0 Å².